The molecule has 0 amide bonds. The number of ether oxygens (including phenoxy) is 3. The Bertz CT molecular complexity index is 1700. The van der Waals surface area contributed by atoms with Crippen molar-refractivity contribution in [1.82, 2.24) is 0 Å². The molecule has 0 radical (unpaired) electrons. The van der Waals surface area contributed by atoms with Gasteiger partial charge in [-0.15, -0.1) is 0 Å². The summed E-state index contributed by atoms with van der Waals surface area (Å²) >= 11 is 0. The molecular weight excluding hydrogens is 1020 g/mol. The minimum atomic E-state index is -0.799. The van der Waals surface area contributed by atoms with Crippen molar-refractivity contribution in [3.63, 3.8) is 0 Å². The molecule has 0 saturated heterocycles. The van der Waals surface area contributed by atoms with Crippen molar-refractivity contribution in [3.05, 3.63) is 122 Å². The van der Waals surface area contributed by atoms with E-state index in [9.17, 15) is 14.4 Å². The van der Waals surface area contributed by atoms with Crippen molar-refractivity contribution < 1.29 is 28.6 Å². The van der Waals surface area contributed by atoms with Gasteiger partial charge in [0.25, 0.3) is 0 Å². The van der Waals surface area contributed by atoms with Crippen LogP contribution in [0.5, 0.6) is 0 Å². The van der Waals surface area contributed by atoms with Crippen molar-refractivity contribution in [1.29, 1.82) is 0 Å². The Morgan fingerprint density at radius 2 is 0.470 bits per heavy atom. The normalized spacial score (nSPS) is 12.9. The van der Waals surface area contributed by atoms with Crippen molar-refractivity contribution in [3.8, 4) is 0 Å². The molecule has 0 saturated carbocycles. The summed E-state index contributed by atoms with van der Waals surface area (Å²) in [5, 5.41) is 0. The predicted molar refractivity (Wildman–Crippen MR) is 362 cm³/mol. The fourth-order valence-electron chi connectivity index (χ4n) is 9.75. The van der Waals surface area contributed by atoms with E-state index in [0.29, 0.717) is 19.3 Å². The van der Waals surface area contributed by atoms with E-state index >= 15 is 0 Å². The molecule has 0 aromatic heterocycles. The summed E-state index contributed by atoms with van der Waals surface area (Å²) in [7, 11) is 0. The van der Waals surface area contributed by atoms with Gasteiger partial charge in [-0.3, -0.25) is 14.4 Å². The minimum absolute atomic E-state index is 0.0913. The molecule has 0 aliphatic carbocycles. The Balaban J connectivity index is 4.26. The molecule has 0 N–H and O–H groups in total. The van der Waals surface area contributed by atoms with Crippen LogP contribution in [0.3, 0.4) is 0 Å². The molecule has 0 rings (SSSR count). The van der Waals surface area contributed by atoms with Crippen molar-refractivity contribution in [2.45, 2.75) is 335 Å². The van der Waals surface area contributed by atoms with E-state index in [1.54, 1.807) is 0 Å². The molecule has 0 aromatic carbocycles. The average molecular weight is 1150 g/mol. The number of hydrogen-bond acceptors (Lipinski definition) is 6. The zero-order chi connectivity index (χ0) is 59.9. The number of hydrogen-bond donors (Lipinski definition) is 0. The smallest absolute Gasteiger partial charge is 0.306 e. The molecule has 0 heterocycles. The molecule has 0 bridgehead atoms. The maximum absolute atomic E-state index is 12.9. The van der Waals surface area contributed by atoms with Gasteiger partial charge in [0.2, 0.25) is 0 Å². The molecule has 0 aliphatic rings. The second-order valence-electron chi connectivity index (χ2n) is 23.0. The lowest BCUT2D eigenvalue weighted by Gasteiger charge is -2.18. The molecule has 1 unspecified atom stereocenters. The molecule has 0 aliphatic heterocycles. The fraction of sp³-hybridized carbons (Fsp3) is 0.701. The third-order valence-corrected chi connectivity index (χ3v) is 14.9. The summed E-state index contributed by atoms with van der Waals surface area (Å²) in [5.74, 6) is -0.921. The second kappa shape index (κ2) is 70.3. The minimum Gasteiger partial charge on any atom is -0.462 e. The Hall–Kier alpha value is -4.19. The topological polar surface area (TPSA) is 78.9 Å². The monoisotopic (exact) mass is 1150 g/mol. The van der Waals surface area contributed by atoms with Gasteiger partial charge in [0, 0.05) is 19.3 Å². The Kier molecular flexibility index (Phi) is 66.7. The molecule has 0 fully saturated rings. The van der Waals surface area contributed by atoms with Crippen molar-refractivity contribution in [2.24, 2.45) is 0 Å². The first-order valence-corrected chi connectivity index (χ1v) is 35.0. The van der Waals surface area contributed by atoms with Crippen molar-refractivity contribution in [2.75, 3.05) is 13.2 Å². The zero-order valence-electron chi connectivity index (χ0n) is 54.4. The summed E-state index contributed by atoms with van der Waals surface area (Å²) in [4.78, 5) is 38.4. The van der Waals surface area contributed by atoms with E-state index in [2.05, 4.69) is 142 Å². The maximum Gasteiger partial charge on any atom is 0.306 e. The molecule has 6 heteroatoms. The maximum atomic E-state index is 12.9. The van der Waals surface area contributed by atoms with Gasteiger partial charge in [-0.2, -0.15) is 0 Å². The van der Waals surface area contributed by atoms with E-state index in [1.165, 1.54) is 161 Å². The Labute approximate surface area is 513 Å². The molecule has 83 heavy (non-hydrogen) atoms. The lowest BCUT2D eigenvalue weighted by molar-refractivity contribution is -0.167. The van der Waals surface area contributed by atoms with Crippen LogP contribution in [0.2, 0.25) is 0 Å². The lowest BCUT2D eigenvalue weighted by atomic mass is 10.0. The van der Waals surface area contributed by atoms with Gasteiger partial charge >= 0.3 is 17.9 Å². The van der Waals surface area contributed by atoms with Gasteiger partial charge in [-0.25, -0.2) is 0 Å². The van der Waals surface area contributed by atoms with E-state index in [1.807, 2.05) is 0 Å². The van der Waals surface area contributed by atoms with Crippen LogP contribution in [-0.4, -0.2) is 37.2 Å². The number of esters is 3. The average Bonchev–Trinajstić information content (AvgIpc) is 3.49. The largest absolute Gasteiger partial charge is 0.462 e. The van der Waals surface area contributed by atoms with E-state index in [0.717, 1.165) is 128 Å². The molecule has 6 nitrogen and oxygen atoms in total. The molecule has 0 aromatic rings. The van der Waals surface area contributed by atoms with Crippen LogP contribution in [0.15, 0.2) is 122 Å². The van der Waals surface area contributed by atoms with Crippen LogP contribution in [0, 0.1) is 0 Å². The van der Waals surface area contributed by atoms with Crippen LogP contribution in [0.4, 0.5) is 0 Å². The SMILES string of the molecule is CC/C=C\C/C=C\C/C=C\C/C=C\CCCCCCCCCCC(=O)OC(COC(=O)CCCCC/C=C\C/C=C\C/C=C\CC)COC(=O)CCCCCCCCCCCCCCCCCC/C=C\C/C=C\C/C=C\CCCCCCC. The second-order valence-corrected chi connectivity index (χ2v) is 23.0. The third kappa shape index (κ3) is 68.5. The van der Waals surface area contributed by atoms with Crippen LogP contribution in [0.1, 0.15) is 329 Å². The molecule has 1 atom stereocenters. The van der Waals surface area contributed by atoms with Gasteiger partial charge in [0.05, 0.1) is 0 Å². The van der Waals surface area contributed by atoms with Gasteiger partial charge in [0.1, 0.15) is 13.2 Å². The lowest BCUT2D eigenvalue weighted by Crippen LogP contribution is -2.30. The van der Waals surface area contributed by atoms with E-state index in [-0.39, 0.29) is 31.1 Å². The fourth-order valence-corrected chi connectivity index (χ4v) is 9.75. The molecular formula is C77H130O6. The van der Waals surface area contributed by atoms with Crippen LogP contribution in [-0.2, 0) is 28.6 Å². The van der Waals surface area contributed by atoms with E-state index in [4.69, 9.17) is 14.2 Å². The molecule has 474 valence electrons. The number of unbranched alkanes of at least 4 members (excludes halogenated alkanes) is 32. The first-order chi connectivity index (χ1) is 41.0. The summed E-state index contributed by atoms with van der Waals surface area (Å²) < 4.78 is 16.9. The van der Waals surface area contributed by atoms with Gasteiger partial charge < -0.3 is 14.2 Å². The van der Waals surface area contributed by atoms with Crippen LogP contribution >= 0.6 is 0 Å². The standard InChI is InChI=1S/C77H130O6/c1-4-7-10-13-16-19-22-25-27-29-31-33-34-35-36-37-38-39-40-41-42-44-45-47-49-52-55-58-61-64-67-70-76(79)82-73-74(72-81-75(78)69-66-63-60-57-54-51-24-21-18-15-12-9-6-3)83-77(80)71-68-65-62-59-56-53-50-48-46-43-32-30-28-26-23-20-17-14-11-8-5-2/h8-9,11-12,17-18,20-22,25-26,28-29,31-32,34-35,43,51,54,74H,4-7,10,13-16,19,23-24,27,30,33,36-42,44-50,52-53,55-73H2,1-3H3/b11-8-,12-9-,20-17-,21-18-,25-22-,28-26-,31-29-,35-34-,43-32-,54-51-. The molecule has 0 spiro atoms. The first-order valence-electron chi connectivity index (χ1n) is 35.0. The number of carbonyl (C=O) groups excluding carboxylic acids is 3. The Morgan fingerprint density at radius 1 is 0.253 bits per heavy atom. The number of allylic oxidation sites excluding steroid dienone is 20. The predicted octanol–water partition coefficient (Wildman–Crippen LogP) is 24.3. The highest BCUT2D eigenvalue weighted by molar-refractivity contribution is 5.71. The highest BCUT2D eigenvalue weighted by atomic mass is 16.6. The van der Waals surface area contributed by atoms with Crippen LogP contribution in [0.25, 0.3) is 0 Å². The quantitative estimate of drug-likeness (QED) is 0.0261. The number of carbonyl (C=O) groups is 3. The summed E-state index contributed by atoms with van der Waals surface area (Å²) in [6, 6.07) is 0. The summed E-state index contributed by atoms with van der Waals surface area (Å²) in [5.41, 5.74) is 0. The van der Waals surface area contributed by atoms with Crippen molar-refractivity contribution >= 4 is 17.9 Å². The third-order valence-electron chi connectivity index (χ3n) is 14.9. The summed E-state index contributed by atoms with van der Waals surface area (Å²) in [6.45, 7) is 6.39. The highest BCUT2D eigenvalue weighted by Gasteiger charge is 2.19. The first kappa shape index (κ1) is 78.8. The van der Waals surface area contributed by atoms with Crippen LogP contribution < -0.4 is 0 Å². The Morgan fingerprint density at radius 3 is 0.747 bits per heavy atom. The van der Waals surface area contributed by atoms with E-state index < -0.39 is 6.10 Å². The van der Waals surface area contributed by atoms with Gasteiger partial charge in [-0.05, 0) is 128 Å². The highest BCUT2D eigenvalue weighted by Crippen LogP contribution is 2.17. The van der Waals surface area contributed by atoms with Gasteiger partial charge in [0.15, 0.2) is 6.10 Å². The number of rotatable bonds is 63. The van der Waals surface area contributed by atoms with Gasteiger partial charge in [-0.1, -0.05) is 303 Å². The zero-order valence-corrected chi connectivity index (χ0v) is 54.4. The summed E-state index contributed by atoms with van der Waals surface area (Å²) in [6.07, 6.45) is 98.0.